The number of hydrogen-bond acceptors (Lipinski definition) is 8. The number of amides is 2. The van der Waals surface area contributed by atoms with Crippen LogP contribution in [0.5, 0.6) is 0 Å². The zero-order chi connectivity index (χ0) is 31.8. The van der Waals surface area contributed by atoms with Crippen molar-refractivity contribution in [2.75, 3.05) is 50.7 Å². The molecule has 2 saturated heterocycles. The number of nitrogens with zero attached hydrogens (tertiary/aromatic N) is 6. The van der Waals surface area contributed by atoms with Gasteiger partial charge in [0.25, 0.3) is 11.8 Å². The van der Waals surface area contributed by atoms with Crippen LogP contribution < -0.4 is 15.5 Å². The second kappa shape index (κ2) is 15.7. The van der Waals surface area contributed by atoms with Crippen molar-refractivity contribution in [2.24, 2.45) is 6.35 Å². The van der Waals surface area contributed by atoms with Gasteiger partial charge in [-0.3, -0.25) is 9.59 Å². The molecule has 3 heterocycles. The van der Waals surface area contributed by atoms with E-state index in [1.165, 1.54) is 0 Å². The van der Waals surface area contributed by atoms with E-state index in [1.54, 1.807) is 0 Å². The zero-order valence-electron chi connectivity index (χ0n) is 26.4. The molecule has 3 aliphatic heterocycles. The molecule has 0 bridgehead atoms. The van der Waals surface area contributed by atoms with E-state index < -0.39 is 21.3 Å². The molecule has 11 heteroatoms. The monoisotopic (exact) mass is 722 g/mol. The summed E-state index contributed by atoms with van der Waals surface area (Å²) in [6.45, 7) is 12.4. The van der Waals surface area contributed by atoms with E-state index in [0.717, 1.165) is 86.8 Å². The van der Waals surface area contributed by atoms with E-state index >= 15 is 0 Å². The van der Waals surface area contributed by atoms with Crippen molar-refractivity contribution in [3.05, 3.63) is 76.5 Å². The van der Waals surface area contributed by atoms with Gasteiger partial charge in [0.2, 0.25) is 0 Å². The second-order valence-electron chi connectivity index (χ2n) is 12.0. The molecule has 2 aromatic rings. The van der Waals surface area contributed by atoms with Gasteiger partial charge in [0, 0.05) is 75.7 Å². The molecule has 0 saturated carbocycles. The van der Waals surface area contributed by atoms with Crippen LogP contribution in [0.25, 0.3) is 0 Å². The number of nitrogens with one attached hydrogen (secondary N) is 2. The molecule has 0 aromatic heterocycles. The smallest absolute Gasteiger partial charge is 0.255 e. The van der Waals surface area contributed by atoms with Gasteiger partial charge in [-0.05, 0) is 82.0 Å². The summed E-state index contributed by atoms with van der Waals surface area (Å²) in [5, 5.41) is 15.9. The first-order chi connectivity index (χ1) is 21.8. The highest BCUT2D eigenvalue weighted by Crippen LogP contribution is 2.28. The van der Waals surface area contributed by atoms with Crippen LogP contribution >= 0.6 is 21.3 Å². The maximum absolute atomic E-state index is 13.1. The van der Waals surface area contributed by atoms with Gasteiger partial charge in [0.1, 0.15) is 21.3 Å². The van der Waals surface area contributed by atoms with E-state index in [2.05, 4.69) is 58.0 Å². The number of halogens is 1. The third-order valence-electron chi connectivity index (χ3n) is 8.95. The normalized spacial score (nSPS) is 18.4. The van der Waals surface area contributed by atoms with Crippen LogP contribution in [0, 0.1) is 11.3 Å². The van der Waals surface area contributed by atoms with Gasteiger partial charge >= 0.3 is 0 Å². The van der Waals surface area contributed by atoms with Gasteiger partial charge in [-0.25, -0.2) is 6.35 Å². The summed E-state index contributed by atoms with van der Waals surface area (Å²) in [6.07, 6.45) is 2.88. The summed E-state index contributed by atoms with van der Waals surface area (Å²) in [5.74, 6) is 0.00358. The second-order valence-corrected chi connectivity index (χ2v) is 13.4. The predicted octanol–water partition coefficient (Wildman–Crippen LogP) is 4.79. The molecule has 45 heavy (non-hydrogen) atoms. The number of allylic oxidation sites excluding steroid dienone is 1. The maximum atomic E-state index is 13.1. The highest BCUT2D eigenvalue weighted by molar-refractivity contribution is 14.1. The molecule has 10 nitrogen and oxygen atoms in total. The molecule has 1 atom stereocenters. The molecular weight excluding hydrogens is 679 g/mol. The lowest BCUT2D eigenvalue weighted by atomic mass is 9.98. The van der Waals surface area contributed by atoms with Crippen LogP contribution in [-0.4, -0.2) is 85.2 Å². The van der Waals surface area contributed by atoms with Crippen molar-refractivity contribution >= 4 is 44.5 Å². The molecule has 5 rings (SSSR count). The number of carbonyl (C=O) groups is 2. The fourth-order valence-corrected chi connectivity index (χ4v) is 7.56. The molecule has 0 radical (unpaired) electrons. The number of carbonyl (C=O) groups excluding carboxylic acids is 2. The third-order valence-corrected chi connectivity index (χ3v) is 10.8. The molecule has 2 fully saturated rings. The fraction of sp³-hybridized carbons (Fsp3) is 0.471. The lowest BCUT2D eigenvalue weighted by Gasteiger charge is -2.42. The minimum absolute atomic E-state index is 0.0797. The van der Waals surface area contributed by atoms with Gasteiger partial charge in [-0.15, -0.1) is 0 Å². The first-order valence-electron chi connectivity index (χ1n) is 15.8. The van der Waals surface area contributed by atoms with Gasteiger partial charge in [0.15, 0.2) is 0 Å². The van der Waals surface area contributed by atoms with Crippen molar-refractivity contribution in [1.82, 2.24) is 20.4 Å². The molecule has 2 amide bonds. The van der Waals surface area contributed by atoms with Crippen LogP contribution in [-0.2, 0) is 11.3 Å². The van der Waals surface area contributed by atoms with Crippen LogP contribution in [0.2, 0.25) is 0 Å². The van der Waals surface area contributed by atoms with E-state index in [4.69, 9.17) is 0 Å². The summed E-state index contributed by atoms with van der Waals surface area (Å²) in [4.78, 5) is 32.8. The Bertz CT molecular complexity index is 1500. The van der Waals surface area contributed by atoms with Gasteiger partial charge in [0.05, 0.1) is 28.6 Å². The minimum Gasteiger partial charge on any atom is -0.364 e. The minimum atomic E-state index is -0.566. The third kappa shape index (κ3) is 8.42. The van der Waals surface area contributed by atoms with E-state index in [0.29, 0.717) is 36.3 Å². The SMILES string of the molecule is CC1=NI=NC(C)=C1C(=O)NCCC(C)N1CCC(N(Cc2cccc(C#N)c2)c2ccc(C(=O)N3CCNCC3)cc2)CC1. The number of rotatable bonds is 10. The average Bonchev–Trinajstić information content (AvgIpc) is 3.07. The quantitative estimate of drug-likeness (QED) is 0.341. The largest absolute Gasteiger partial charge is 0.364 e. The topological polar surface area (TPSA) is 116 Å². The molecule has 238 valence electrons. The zero-order valence-corrected chi connectivity index (χ0v) is 28.6. The van der Waals surface area contributed by atoms with Gasteiger partial charge in [-0.1, -0.05) is 12.1 Å². The maximum Gasteiger partial charge on any atom is 0.255 e. The number of hydrogen-bond donors (Lipinski definition) is 2. The van der Waals surface area contributed by atoms with Crippen molar-refractivity contribution in [3.8, 4) is 6.07 Å². The van der Waals surface area contributed by atoms with Crippen LogP contribution in [0.1, 0.15) is 61.5 Å². The Morgan fingerprint density at radius 2 is 1.84 bits per heavy atom. The first-order valence-corrected chi connectivity index (χ1v) is 17.8. The number of piperidine rings is 1. The van der Waals surface area contributed by atoms with Crippen molar-refractivity contribution in [2.45, 2.75) is 58.7 Å². The Labute approximate surface area is 277 Å². The van der Waals surface area contributed by atoms with Gasteiger partial charge < -0.3 is 25.3 Å². The molecule has 1 unspecified atom stereocenters. The summed E-state index contributed by atoms with van der Waals surface area (Å²) >= 11 is -0.566. The van der Waals surface area contributed by atoms with Crippen LogP contribution in [0.4, 0.5) is 5.69 Å². The molecule has 2 aromatic carbocycles. The summed E-state index contributed by atoms with van der Waals surface area (Å²) in [7, 11) is 0. The van der Waals surface area contributed by atoms with E-state index in [1.807, 2.05) is 49.1 Å². The van der Waals surface area contributed by atoms with Crippen LogP contribution in [0.15, 0.2) is 66.2 Å². The highest BCUT2D eigenvalue weighted by atomic mass is 127. The van der Waals surface area contributed by atoms with E-state index in [-0.39, 0.29) is 11.8 Å². The lowest BCUT2D eigenvalue weighted by molar-refractivity contribution is -0.117. The van der Waals surface area contributed by atoms with Crippen molar-refractivity contribution in [1.29, 1.82) is 5.26 Å². The molecule has 2 N–H and O–H groups in total. The molecule has 3 aliphatic rings. The number of nitriles is 1. The Balaban J connectivity index is 1.21. The van der Waals surface area contributed by atoms with Gasteiger partial charge in [-0.2, -0.15) is 5.26 Å². The number of likely N-dealkylation sites (tertiary alicyclic amines) is 1. The summed E-state index contributed by atoms with van der Waals surface area (Å²) < 4.78 is 8.81. The predicted molar refractivity (Wildman–Crippen MR) is 186 cm³/mol. The summed E-state index contributed by atoms with van der Waals surface area (Å²) in [6, 6.07) is 18.8. The molecule has 0 spiro atoms. The average molecular weight is 723 g/mol. The Kier molecular flexibility index (Phi) is 11.5. The Morgan fingerprint density at radius 3 is 2.53 bits per heavy atom. The first kappa shape index (κ1) is 32.9. The Morgan fingerprint density at radius 1 is 1.11 bits per heavy atom. The lowest BCUT2D eigenvalue weighted by Crippen LogP contribution is -2.48. The van der Waals surface area contributed by atoms with Crippen LogP contribution in [0.3, 0.4) is 0 Å². The van der Waals surface area contributed by atoms with Crippen molar-refractivity contribution < 1.29 is 9.59 Å². The highest BCUT2D eigenvalue weighted by Gasteiger charge is 2.28. The number of anilines is 1. The molecular formula is C34H43IN8O2. The number of benzene rings is 2. The van der Waals surface area contributed by atoms with E-state index in [9.17, 15) is 14.9 Å². The standard InChI is InChI=1S/C34H43IN8O2/c1-24(11-14-38-33(44)32-25(2)39-35-40-26(32)3)41-17-12-31(13-18-41)43(23-28-6-4-5-27(21-28)22-36)30-9-7-29(8-10-30)34(45)42-19-15-37-16-20-42/h4-10,21,24,31,37H,11-20,23H2,1-3H3,(H,38,44). The fourth-order valence-electron chi connectivity index (χ4n) is 6.32. The number of piperazine rings is 1. The Hall–Kier alpha value is -3.47. The molecule has 0 aliphatic carbocycles. The summed E-state index contributed by atoms with van der Waals surface area (Å²) in [5.41, 5.74) is 5.78. The van der Waals surface area contributed by atoms with Crippen molar-refractivity contribution in [3.63, 3.8) is 0 Å².